The molecule has 0 atom stereocenters. The minimum Gasteiger partial charge on any atom is -0.508 e. The molecule has 1 aliphatic rings. The summed E-state index contributed by atoms with van der Waals surface area (Å²) in [6.45, 7) is 0. The van der Waals surface area contributed by atoms with Crippen molar-refractivity contribution in [3.05, 3.63) is 51.2 Å². The van der Waals surface area contributed by atoms with Crippen molar-refractivity contribution in [3.63, 3.8) is 0 Å². The van der Waals surface area contributed by atoms with Gasteiger partial charge in [-0.05, 0) is 48.9 Å². The quantitative estimate of drug-likeness (QED) is 0.753. The van der Waals surface area contributed by atoms with Crippen LogP contribution in [0.25, 0.3) is 0 Å². The third-order valence-electron chi connectivity index (χ3n) is 3.90. The molecule has 0 fully saturated rings. The summed E-state index contributed by atoms with van der Waals surface area (Å²) in [5.41, 5.74) is 6.84. The van der Waals surface area contributed by atoms with Crippen molar-refractivity contribution in [1.29, 1.82) is 0 Å². The van der Waals surface area contributed by atoms with Gasteiger partial charge >= 0.3 is 0 Å². The number of thiophene rings is 1. The lowest BCUT2D eigenvalue weighted by atomic mass is 10.1. The van der Waals surface area contributed by atoms with Crippen LogP contribution in [0.4, 0.5) is 0 Å². The van der Waals surface area contributed by atoms with E-state index in [1.54, 1.807) is 18.2 Å². The second-order valence-electron chi connectivity index (χ2n) is 5.54. The van der Waals surface area contributed by atoms with Gasteiger partial charge < -0.3 is 5.11 Å². The Bertz CT molecular complexity index is 718. The van der Waals surface area contributed by atoms with Gasteiger partial charge in [-0.25, -0.2) is 0 Å². The van der Waals surface area contributed by atoms with Gasteiger partial charge in [-0.1, -0.05) is 18.2 Å². The number of nitrogens with one attached hydrogen (secondary N) is 2. The van der Waals surface area contributed by atoms with Gasteiger partial charge in [-0.3, -0.25) is 20.4 Å². The lowest BCUT2D eigenvalue weighted by Gasteiger charge is -2.07. The largest absolute Gasteiger partial charge is 0.508 e. The molecule has 1 aliphatic carbocycles. The first-order chi connectivity index (χ1) is 11.1. The zero-order valence-corrected chi connectivity index (χ0v) is 13.4. The van der Waals surface area contributed by atoms with Crippen molar-refractivity contribution >= 4 is 23.2 Å². The van der Waals surface area contributed by atoms with Crippen molar-refractivity contribution in [2.24, 2.45) is 0 Å². The van der Waals surface area contributed by atoms with Gasteiger partial charge in [0.1, 0.15) is 5.75 Å². The molecule has 0 spiro atoms. The number of amides is 2. The van der Waals surface area contributed by atoms with E-state index >= 15 is 0 Å². The van der Waals surface area contributed by atoms with Crippen molar-refractivity contribution in [1.82, 2.24) is 10.9 Å². The average molecular weight is 330 g/mol. The molecular formula is C17H18N2O3S. The SMILES string of the molecule is O=C(CCc1ccccc1O)NNC(=O)c1cc2c(s1)CCC2. The fourth-order valence-corrected chi connectivity index (χ4v) is 3.81. The summed E-state index contributed by atoms with van der Waals surface area (Å²) in [5, 5.41) is 9.65. The summed E-state index contributed by atoms with van der Waals surface area (Å²) in [4.78, 5) is 25.7. The van der Waals surface area contributed by atoms with Crippen LogP contribution in [0.3, 0.4) is 0 Å². The summed E-state index contributed by atoms with van der Waals surface area (Å²) >= 11 is 1.50. The molecule has 2 aromatic rings. The summed E-state index contributed by atoms with van der Waals surface area (Å²) in [6, 6.07) is 8.82. The number of para-hydroxylation sites is 1. The van der Waals surface area contributed by atoms with Crippen LogP contribution in [0, 0.1) is 0 Å². The van der Waals surface area contributed by atoms with Gasteiger partial charge in [-0.2, -0.15) is 0 Å². The lowest BCUT2D eigenvalue weighted by Crippen LogP contribution is -2.41. The number of hydrogen-bond acceptors (Lipinski definition) is 4. The minimum atomic E-state index is -0.286. The fourth-order valence-electron chi connectivity index (χ4n) is 2.66. The normalized spacial score (nSPS) is 12.7. The van der Waals surface area contributed by atoms with E-state index in [4.69, 9.17) is 0 Å². The third-order valence-corrected chi connectivity index (χ3v) is 5.13. The van der Waals surface area contributed by atoms with Crippen LogP contribution in [0.5, 0.6) is 5.75 Å². The maximum atomic E-state index is 12.0. The van der Waals surface area contributed by atoms with Crippen LogP contribution in [-0.4, -0.2) is 16.9 Å². The average Bonchev–Trinajstić information content (AvgIpc) is 3.13. The highest BCUT2D eigenvalue weighted by Crippen LogP contribution is 2.30. The van der Waals surface area contributed by atoms with E-state index in [1.165, 1.54) is 21.8 Å². The molecule has 0 saturated carbocycles. The minimum absolute atomic E-state index is 0.178. The van der Waals surface area contributed by atoms with E-state index < -0.39 is 0 Å². The molecule has 0 radical (unpaired) electrons. The van der Waals surface area contributed by atoms with Gasteiger partial charge in [0.2, 0.25) is 5.91 Å². The number of phenolic OH excluding ortho intramolecular Hbond substituents is 1. The maximum absolute atomic E-state index is 12.0. The molecule has 3 rings (SSSR count). The summed E-state index contributed by atoms with van der Waals surface area (Å²) in [7, 11) is 0. The molecule has 120 valence electrons. The molecule has 2 amide bonds. The van der Waals surface area contributed by atoms with Gasteiger partial charge in [-0.15, -0.1) is 11.3 Å². The van der Waals surface area contributed by atoms with Crippen LogP contribution < -0.4 is 10.9 Å². The Morgan fingerprint density at radius 2 is 2.00 bits per heavy atom. The van der Waals surface area contributed by atoms with Gasteiger partial charge in [0, 0.05) is 11.3 Å². The highest BCUT2D eigenvalue weighted by molar-refractivity contribution is 7.14. The molecule has 0 bridgehead atoms. The number of hydrazine groups is 1. The van der Waals surface area contributed by atoms with Crippen molar-refractivity contribution in [2.45, 2.75) is 32.1 Å². The van der Waals surface area contributed by atoms with E-state index in [1.807, 2.05) is 12.1 Å². The summed E-state index contributed by atoms with van der Waals surface area (Å²) in [5.74, 6) is -0.386. The highest BCUT2D eigenvalue weighted by atomic mass is 32.1. The van der Waals surface area contributed by atoms with Crippen LogP contribution >= 0.6 is 11.3 Å². The Balaban J connectivity index is 1.47. The fraction of sp³-hybridized carbons (Fsp3) is 0.294. The monoisotopic (exact) mass is 330 g/mol. The second kappa shape index (κ2) is 6.83. The molecule has 5 nitrogen and oxygen atoms in total. The molecular weight excluding hydrogens is 312 g/mol. The Labute approximate surface area is 138 Å². The maximum Gasteiger partial charge on any atom is 0.279 e. The van der Waals surface area contributed by atoms with Crippen molar-refractivity contribution in [3.8, 4) is 5.75 Å². The molecule has 0 aliphatic heterocycles. The third kappa shape index (κ3) is 3.71. The summed E-state index contributed by atoms with van der Waals surface area (Å²) in [6.07, 6.45) is 3.85. The van der Waals surface area contributed by atoms with Gasteiger partial charge in [0.25, 0.3) is 5.91 Å². The van der Waals surface area contributed by atoms with E-state index in [2.05, 4.69) is 10.9 Å². The molecule has 1 heterocycles. The molecule has 6 heteroatoms. The standard InChI is InChI=1S/C17H18N2O3S/c20-13-6-2-1-4-11(13)8-9-16(21)18-19-17(22)15-10-12-5-3-7-14(12)23-15/h1-2,4,6,10,20H,3,5,7-9H2,(H,18,21)(H,19,22). The van der Waals surface area contributed by atoms with Crippen LogP contribution in [0.1, 0.15) is 38.5 Å². The smallest absolute Gasteiger partial charge is 0.279 e. The molecule has 0 saturated heterocycles. The highest BCUT2D eigenvalue weighted by Gasteiger charge is 2.18. The number of aryl methyl sites for hydroxylation is 3. The van der Waals surface area contributed by atoms with E-state index in [0.29, 0.717) is 16.9 Å². The van der Waals surface area contributed by atoms with Gasteiger partial charge in [0.05, 0.1) is 4.88 Å². The molecule has 1 aromatic carbocycles. The number of aromatic hydroxyl groups is 1. The van der Waals surface area contributed by atoms with Crippen molar-refractivity contribution < 1.29 is 14.7 Å². The number of rotatable bonds is 4. The topological polar surface area (TPSA) is 78.4 Å². The Hall–Kier alpha value is -2.34. The number of hydrogen-bond donors (Lipinski definition) is 3. The molecule has 23 heavy (non-hydrogen) atoms. The zero-order valence-electron chi connectivity index (χ0n) is 12.6. The van der Waals surface area contributed by atoms with Crippen LogP contribution in [-0.2, 0) is 24.1 Å². The van der Waals surface area contributed by atoms with Crippen LogP contribution in [0.2, 0.25) is 0 Å². The predicted octanol–water partition coefficient (Wildman–Crippen LogP) is 2.34. The number of phenols is 1. The van der Waals surface area contributed by atoms with Crippen molar-refractivity contribution in [2.75, 3.05) is 0 Å². The number of carbonyl (C=O) groups excluding carboxylic acids is 2. The first-order valence-corrected chi connectivity index (χ1v) is 8.43. The zero-order chi connectivity index (χ0) is 16.2. The first kappa shape index (κ1) is 15.6. The van der Waals surface area contributed by atoms with E-state index in [0.717, 1.165) is 19.3 Å². The second-order valence-corrected chi connectivity index (χ2v) is 6.68. The Kier molecular flexibility index (Phi) is 4.62. The molecule has 3 N–H and O–H groups in total. The Morgan fingerprint density at radius 3 is 2.78 bits per heavy atom. The van der Waals surface area contributed by atoms with Crippen LogP contribution in [0.15, 0.2) is 30.3 Å². The van der Waals surface area contributed by atoms with E-state index in [-0.39, 0.29) is 24.0 Å². The first-order valence-electron chi connectivity index (χ1n) is 7.61. The molecule has 1 aromatic heterocycles. The lowest BCUT2D eigenvalue weighted by molar-refractivity contribution is -0.121. The molecule has 0 unspecified atom stereocenters. The number of carbonyl (C=O) groups is 2. The Morgan fingerprint density at radius 1 is 1.17 bits per heavy atom. The summed E-state index contributed by atoms with van der Waals surface area (Å²) < 4.78 is 0. The number of fused-ring (bicyclic) bond motifs is 1. The predicted molar refractivity (Wildman–Crippen MR) is 88.4 cm³/mol. The number of benzene rings is 1. The van der Waals surface area contributed by atoms with E-state index in [9.17, 15) is 14.7 Å². The van der Waals surface area contributed by atoms with Gasteiger partial charge in [0.15, 0.2) is 0 Å².